The minimum Gasteiger partial charge on any atom is -0.504 e. The lowest BCUT2D eigenvalue weighted by atomic mass is 10.0. The second kappa shape index (κ2) is 6.23. The van der Waals surface area contributed by atoms with Gasteiger partial charge in [0.05, 0.1) is 13.7 Å². The van der Waals surface area contributed by atoms with Crippen molar-refractivity contribution in [2.45, 2.75) is 18.6 Å². The lowest BCUT2D eigenvalue weighted by Gasteiger charge is -2.26. The first-order valence-electron chi connectivity index (χ1n) is 6.39. The highest BCUT2D eigenvalue weighted by molar-refractivity contribution is 5.41. The van der Waals surface area contributed by atoms with E-state index < -0.39 is 0 Å². The highest BCUT2D eigenvalue weighted by Crippen LogP contribution is 2.26. The predicted molar refractivity (Wildman–Crippen MR) is 71.5 cm³/mol. The van der Waals surface area contributed by atoms with E-state index in [2.05, 4.69) is 5.32 Å². The van der Waals surface area contributed by atoms with Gasteiger partial charge in [-0.05, 0) is 17.7 Å². The van der Waals surface area contributed by atoms with Crippen LogP contribution in [0.3, 0.4) is 0 Å². The van der Waals surface area contributed by atoms with Crippen molar-refractivity contribution in [1.82, 2.24) is 5.32 Å². The Balaban J connectivity index is 1.88. The van der Waals surface area contributed by atoms with Gasteiger partial charge in [0, 0.05) is 33.2 Å². The van der Waals surface area contributed by atoms with E-state index in [1.165, 1.54) is 0 Å². The standard InChI is InChI=1S/C14H21NO4/c1-17-13-7-11(3-4-12(13)16)8-15-9-14(18-2)5-6-19-10-14/h3-4,7,15-16H,5-6,8-10H2,1-2H3. The van der Waals surface area contributed by atoms with Crippen molar-refractivity contribution in [1.29, 1.82) is 0 Å². The monoisotopic (exact) mass is 267 g/mol. The Morgan fingerprint density at radius 1 is 1.42 bits per heavy atom. The molecule has 0 saturated carbocycles. The van der Waals surface area contributed by atoms with E-state index in [-0.39, 0.29) is 11.4 Å². The van der Waals surface area contributed by atoms with Gasteiger partial charge < -0.3 is 24.6 Å². The van der Waals surface area contributed by atoms with Crippen molar-refractivity contribution in [3.63, 3.8) is 0 Å². The molecule has 1 atom stereocenters. The maximum Gasteiger partial charge on any atom is 0.160 e. The quantitative estimate of drug-likeness (QED) is 0.813. The third kappa shape index (κ3) is 3.37. The van der Waals surface area contributed by atoms with Crippen LogP contribution in [0.25, 0.3) is 0 Å². The van der Waals surface area contributed by atoms with E-state index in [9.17, 15) is 5.11 Å². The van der Waals surface area contributed by atoms with Crippen LogP contribution >= 0.6 is 0 Å². The molecule has 1 saturated heterocycles. The zero-order valence-corrected chi connectivity index (χ0v) is 11.4. The maximum atomic E-state index is 9.53. The summed E-state index contributed by atoms with van der Waals surface area (Å²) in [5, 5.41) is 12.9. The van der Waals surface area contributed by atoms with E-state index >= 15 is 0 Å². The van der Waals surface area contributed by atoms with Crippen LogP contribution in [0.1, 0.15) is 12.0 Å². The van der Waals surface area contributed by atoms with Gasteiger partial charge in [-0.2, -0.15) is 0 Å². The van der Waals surface area contributed by atoms with Gasteiger partial charge in [-0.3, -0.25) is 0 Å². The molecule has 0 bridgehead atoms. The number of phenolic OH excluding ortho intramolecular Hbond substituents is 1. The van der Waals surface area contributed by atoms with E-state index in [1.807, 2.05) is 12.1 Å². The Morgan fingerprint density at radius 3 is 2.89 bits per heavy atom. The average molecular weight is 267 g/mol. The van der Waals surface area contributed by atoms with Crippen LogP contribution < -0.4 is 10.1 Å². The van der Waals surface area contributed by atoms with Crippen molar-refractivity contribution in [2.24, 2.45) is 0 Å². The van der Waals surface area contributed by atoms with Gasteiger partial charge in [-0.15, -0.1) is 0 Å². The van der Waals surface area contributed by atoms with E-state index in [0.29, 0.717) is 18.9 Å². The second-order valence-electron chi connectivity index (χ2n) is 4.80. The molecule has 5 nitrogen and oxygen atoms in total. The molecule has 1 aromatic rings. The molecule has 0 aliphatic carbocycles. The molecule has 0 aromatic heterocycles. The number of hydrogen-bond acceptors (Lipinski definition) is 5. The minimum atomic E-state index is -0.207. The summed E-state index contributed by atoms with van der Waals surface area (Å²) in [5.74, 6) is 0.647. The number of methoxy groups -OCH3 is 2. The van der Waals surface area contributed by atoms with Crippen molar-refractivity contribution >= 4 is 0 Å². The Bertz CT molecular complexity index is 416. The first-order valence-corrected chi connectivity index (χ1v) is 6.39. The summed E-state index contributed by atoms with van der Waals surface area (Å²) in [6.45, 7) is 2.83. The summed E-state index contributed by atoms with van der Waals surface area (Å²) < 4.78 is 16.0. The fourth-order valence-electron chi connectivity index (χ4n) is 2.23. The molecule has 1 aliphatic rings. The molecule has 0 amide bonds. The summed E-state index contributed by atoms with van der Waals surface area (Å²) in [6.07, 6.45) is 0.912. The molecule has 1 unspecified atom stereocenters. The highest BCUT2D eigenvalue weighted by Gasteiger charge is 2.34. The largest absolute Gasteiger partial charge is 0.504 e. The molecule has 2 rings (SSSR count). The Kier molecular flexibility index (Phi) is 4.63. The van der Waals surface area contributed by atoms with Crippen LogP contribution in [-0.4, -0.2) is 44.7 Å². The van der Waals surface area contributed by atoms with Gasteiger partial charge in [0.1, 0.15) is 5.60 Å². The number of nitrogens with one attached hydrogen (secondary N) is 1. The number of phenols is 1. The summed E-state index contributed by atoms with van der Waals surface area (Å²) >= 11 is 0. The van der Waals surface area contributed by atoms with Gasteiger partial charge in [0.2, 0.25) is 0 Å². The van der Waals surface area contributed by atoms with Crippen LogP contribution in [0.4, 0.5) is 0 Å². The summed E-state index contributed by atoms with van der Waals surface area (Å²) in [4.78, 5) is 0. The molecular formula is C14H21NO4. The molecule has 19 heavy (non-hydrogen) atoms. The fourth-order valence-corrected chi connectivity index (χ4v) is 2.23. The molecule has 1 aliphatic heterocycles. The topological polar surface area (TPSA) is 60.0 Å². The van der Waals surface area contributed by atoms with Crippen LogP contribution in [0.5, 0.6) is 11.5 Å². The maximum absolute atomic E-state index is 9.53. The number of hydrogen-bond donors (Lipinski definition) is 2. The second-order valence-corrected chi connectivity index (χ2v) is 4.80. The molecule has 5 heteroatoms. The molecule has 0 radical (unpaired) electrons. The van der Waals surface area contributed by atoms with E-state index in [1.54, 1.807) is 20.3 Å². The summed E-state index contributed by atoms with van der Waals surface area (Å²) in [5.41, 5.74) is 0.848. The Labute approximate surface area is 113 Å². The van der Waals surface area contributed by atoms with Crippen LogP contribution in [0.2, 0.25) is 0 Å². The third-order valence-corrected chi connectivity index (χ3v) is 3.52. The average Bonchev–Trinajstić information content (AvgIpc) is 2.90. The van der Waals surface area contributed by atoms with Gasteiger partial charge >= 0.3 is 0 Å². The smallest absolute Gasteiger partial charge is 0.160 e. The minimum absolute atomic E-state index is 0.156. The van der Waals surface area contributed by atoms with Crippen molar-refractivity contribution < 1.29 is 19.3 Å². The number of rotatable bonds is 6. The van der Waals surface area contributed by atoms with Gasteiger partial charge in [0.15, 0.2) is 11.5 Å². The molecule has 1 heterocycles. The zero-order chi connectivity index (χ0) is 13.7. The first-order chi connectivity index (χ1) is 9.19. The molecule has 106 valence electrons. The lowest BCUT2D eigenvalue weighted by molar-refractivity contribution is -0.0159. The SMILES string of the molecule is COc1cc(CNCC2(OC)CCOC2)ccc1O. The van der Waals surface area contributed by atoms with Crippen LogP contribution in [-0.2, 0) is 16.0 Å². The lowest BCUT2D eigenvalue weighted by Crippen LogP contribution is -2.42. The Morgan fingerprint density at radius 2 is 2.26 bits per heavy atom. The van der Waals surface area contributed by atoms with Gasteiger partial charge in [-0.25, -0.2) is 0 Å². The Hall–Kier alpha value is -1.30. The third-order valence-electron chi connectivity index (χ3n) is 3.52. The zero-order valence-electron chi connectivity index (χ0n) is 11.4. The summed E-state index contributed by atoms with van der Waals surface area (Å²) in [6, 6.07) is 5.34. The first kappa shape index (κ1) is 14.1. The van der Waals surface area contributed by atoms with Gasteiger partial charge in [-0.1, -0.05) is 6.07 Å². The van der Waals surface area contributed by atoms with Crippen molar-refractivity contribution in [3.05, 3.63) is 23.8 Å². The van der Waals surface area contributed by atoms with Gasteiger partial charge in [0.25, 0.3) is 0 Å². The van der Waals surface area contributed by atoms with E-state index in [4.69, 9.17) is 14.2 Å². The molecular weight excluding hydrogens is 246 g/mol. The van der Waals surface area contributed by atoms with Crippen molar-refractivity contribution in [3.8, 4) is 11.5 Å². The highest BCUT2D eigenvalue weighted by atomic mass is 16.5. The van der Waals surface area contributed by atoms with E-state index in [0.717, 1.165) is 25.1 Å². The summed E-state index contributed by atoms with van der Waals surface area (Å²) in [7, 11) is 3.27. The predicted octanol–water partition coefficient (Wildman–Crippen LogP) is 1.30. The number of benzene rings is 1. The van der Waals surface area contributed by atoms with Crippen molar-refractivity contribution in [2.75, 3.05) is 34.0 Å². The normalized spacial score (nSPS) is 22.6. The molecule has 1 aromatic carbocycles. The number of ether oxygens (including phenoxy) is 3. The molecule has 2 N–H and O–H groups in total. The van der Waals surface area contributed by atoms with Crippen LogP contribution in [0, 0.1) is 0 Å². The van der Waals surface area contributed by atoms with Crippen LogP contribution in [0.15, 0.2) is 18.2 Å². The molecule has 0 spiro atoms. The number of aromatic hydroxyl groups is 1. The fraction of sp³-hybridized carbons (Fsp3) is 0.571. The molecule has 1 fully saturated rings.